The van der Waals surface area contributed by atoms with Gasteiger partial charge in [0.1, 0.15) is 5.75 Å². The highest BCUT2D eigenvalue weighted by Crippen LogP contribution is 2.23. The molecule has 2 aliphatic heterocycles. The molecular formula is C12H16O3. The maximum Gasteiger partial charge on any atom is 0.122 e. The second kappa shape index (κ2) is 5.73. The Balaban J connectivity index is 0.000000124. The van der Waals surface area contributed by atoms with Crippen LogP contribution in [0.2, 0.25) is 0 Å². The van der Waals surface area contributed by atoms with Crippen molar-refractivity contribution >= 4 is 0 Å². The summed E-state index contributed by atoms with van der Waals surface area (Å²) in [4.78, 5) is 0. The SMILES string of the molecule is C1COCCO1.c1ccc2c(c1)CCO2. The number of ether oxygens (including phenoxy) is 3. The van der Waals surface area contributed by atoms with E-state index in [4.69, 9.17) is 14.2 Å². The van der Waals surface area contributed by atoms with Crippen LogP contribution < -0.4 is 4.74 Å². The summed E-state index contributed by atoms with van der Waals surface area (Å²) < 4.78 is 15.2. The quantitative estimate of drug-likeness (QED) is 0.649. The lowest BCUT2D eigenvalue weighted by atomic mass is 10.2. The van der Waals surface area contributed by atoms with Gasteiger partial charge in [-0.15, -0.1) is 0 Å². The number of rotatable bonds is 0. The third kappa shape index (κ3) is 3.22. The molecule has 15 heavy (non-hydrogen) atoms. The number of para-hydroxylation sites is 1. The zero-order valence-electron chi connectivity index (χ0n) is 8.78. The topological polar surface area (TPSA) is 27.7 Å². The van der Waals surface area contributed by atoms with E-state index >= 15 is 0 Å². The predicted molar refractivity (Wildman–Crippen MR) is 57.3 cm³/mol. The number of fused-ring (bicyclic) bond motifs is 1. The first kappa shape index (κ1) is 10.5. The van der Waals surface area contributed by atoms with Crippen LogP contribution in [0.4, 0.5) is 0 Å². The summed E-state index contributed by atoms with van der Waals surface area (Å²) in [5.74, 6) is 1.07. The highest BCUT2D eigenvalue weighted by Gasteiger charge is 2.08. The third-order valence-corrected chi connectivity index (χ3v) is 2.35. The summed E-state index contributed by atoms with van der Waals surface area (Å²) in [6.07, 6.45) is 1.08. The molecule has 0 bridgehead atoms. The van der Waals surface area contributed by atoms with Crippen LogP contribution in [0.5, 0.6) is 5.75 Å². The van der Waals surface area contributed by atoms with Crippen LogP contribution in [0, 0.1) is 0 Å². The molecule has 82 valence electrons. The molecule has 3 nitrogen and oxygen atoms in total. The average molecular weight is 208 g/mol. The summed E-state index contributed by atoms with van der Waals surface area (Å²) in [5, 5.41) is 0. The van der Waals surface area contributed by atoms with Crippen LogP contribution in [-0.4, -0.2) is 33.0 Å². The van der Waals surface area contributed by atoms with E-state index in [9.17, 15) is 0 Å². The Morgan fingerprint density at radius 3 is 2.07 bits per heavy atom. The zero-order chi connectivity index (χ0) is 10.3. The van der Waals surface area contributed by atoms with Crippen LogP contribution in [0.1, 0.15) is 5.56 Å². The van der Waals surface area contributed by atoms with E-state index in [-0.39, 0.29) is 0 Å². The number of benzene rings is 1. The summed E-state index contributed by atoms with van der Waals surface area (Å²) in [7, 11) is 0. The van der Waals surface area contributed by atoms with Gasteiger partial charge in [0.05, 0.1) is 33.0 Å². The first-order valence-electron chi connectivity index (χ1n) is 5.33. The average Bonchev–Trinajstić information content (AvgIpc) is 2.80. The Morgan fingerprint density at radius 1 is 0.800 bits per heavy atom. The molecule has 0 saturated carbocycles. The molecule has 0 N–H and O–H groups in total. The van der Waals surface area contributed by atoms with Crippen molar-refractivity contribution in [2.75, 3.05) is 33.0 Å². The van der Waals surface area contributed by atoms with E-state index in [0.717, 1.165) is 45.2 Å². The maximum atomic E-state index is 5.30. The van der Waals surface area contributed by atoms with Gasteiger partial charge in [-0.25, -0.2) is 0 Å². The Hall–Kier alpha value is -1.06. The smallest absolute Gasteiger partial charge is 0.122 e. The lowest BCUT2D eigenvalue weighted by Gasteiger charge is -2.09. The molecule has 0 aromatic heterocycles. The van der Waals surface area contributed by atoms with Gasteiger partial charge in [0.25, 0.3) is 0 Å². The first-order valence-corrected chi connectivity index (χ1v) is 5.33. The zero-order valence-corrected chi connectivity index (χ0v) is 8.78. The number of hydrogen-bond donors (Lipinski definition) is 0. The van der Waals surface area contributed by atoms with Crippen LogP contribution in [0.15, 0.2) is 24.3 Å². The van der Waals surface area contributed by atoms with Gasteiger partial charge in [-0.2, -0.15) is 0 Å². The van der Waals surface area contributed by atoms with Crippen molar-refractivity contribution in [1.82, 2.24) is 0 Å². The molecule has 0 aliphatic carbocycles. The second-order valence-electron chi connectivity index (χ2n) is 3.43. The van der Waals surface area contributed by atoms with Gasteiger partial charge in [0.2, 0.25) is 0 Å². The maximum absolute atomic E-state index is 5.30. The van der Waals surface area contributed by atoms with Gasteiger partial charge < -0.3 is 14.2 Å². The molecule has 2 aliphatic rings. The monoisotopic (exact) mass is 208 g/mol. The molecule has 3 heteroatoms. The molecule has 0 atom stereocenters. The standard InChI is InChI=1S/C8H8O.C4H8O2/c1-2-4-8-7(3-1)5-6-9-8;1-2-6-4-3-5-1/h1-4H,5-6H2;1-4H2. The summed E-state index contributed by atoms with van der Waals surface area (Å²) in [5.41, 5.74) is 1.34. The summed E-state index contributed by atoms with van der Waals surface area (Å²) >= 11 is 0. The normalized spacial score (nSPS) is 18.4. The van der Waals surface area contributed by atoms with Crippen molar-refractivity contribution < 1.29 is 14.2 Å². The molecule has 0 unspecified atom stereocenters. The van der Waals surface area contributed by atoms with Crippen LogP contribution >= 0.6 is 0 Å². The lowest BCUT2D eigenvalue weighted by Crippen LogP contribution is -2.16. The van der Waals surface area contributed by atoms with Crippen LogP contribution in [-0.2, 0) is 15.9 Å². The second-order valence-corrected chi connectivity index (χ2v) is 3.43. The van der Waals surface area contributed by atoms with Crippen LogP contribution in [0.25, 0.3) is 0 Å². The minimum Gasteiger partial charge on any atom is -0.493 e. The van der Waals surface area contributed by atoms with Gasteiger partial charge in [0, 0.05) is 6.42 Å². The van der Waals surface area contributed by atoms with Gasteiger partial charge in [-0.1, -0.05) is 18.2 Å². The van der Waals surface area contributed by atoms with E-state index in [2.05, 4.69) is 6.07 Å². The van der Waals surface area contributed by atoms with E-state index in [1.807, 2.05) is 18.2 Å². The molecule has 3 rings (SSSR count). The summed E-state index contributed by atoms with van der Waals surface area (Å²) in [6.45, 7) is 3.97. The van der Waals surface area contributed by atoms with Crippen molar-refractivity contribution in [3.63, 3.8) is 0 Å². The Bertz CT molecular complexity index is 260. The first-order chi connectivity index (χ1) is 7.47. The number of hydrogen-bond acceptors (Lipinski definition) is 3. The Labute approximate surface area is 90.0 Å². The van der Waals surface area contributed by atoms with E-state index in [0.29, 0.717) is 0 Å². The highest BCUT2D eigenvalue weighted by atomic mass is 16.6. The van der Waals surface area contributed by atoms with Gasteiger partial charge >= 0.3 is 0 Å². The fourth-order valence-corrected chi connectivity index (χ4v) is 1.56. The van der Waals surface area contributed by atoms with Crippen LogP contribution in [0.3, 0.4) is 0 Å². The molecule has 2 heterocycles. The van der Waals surface area contributed by atoms with Crippen molar-refractivity contribution in [3.05, 3.63) is 29.8 Å². The Morgan fingerprint density at radius 2 is 1.47 bits per heavy atom. The third-order valence-electron chi connectivity index (χ3n) is 2.35. The molecule has 0 spiro atoms. The fraction of sp³-hybridized carbons (Fsp3) is 0.500. The van der Waals surface area contributed by atoms with Gasteiger partial charge in [-0.05, 0) is 11.6 Å². The molecule has 1 aromatic rings. The predicted octanol–water partition coefficient (Wildman–Crippen LogP) is 1.65. The molecule has 1 fully saturated rings. The molecule has 0 amide bonds. The highest BCUT2D eigenvalue weighted by molar-refractivity contribution is 5.35. The van der Waals surface area contributed by atoms with Crippen molar-refractivity contribution in [1.29, 1.82) is 0 Å². The minimum atomic E-state index is 0.778. The molecule has 0 radical (unpaired) electrons. The lowest BCUT2D eigenvalue weighted by molar-refractivity contribution is -0.0334. The summed E-state index contributed by atoms with van der Waals surface area (Å²) in [6, 6.07) is 8.18. The largest absolute Gasteiger partial charge is 0.493 e. The van der Waals surface area contributed by atoms with E-state index < -0.39 is 0 Å². The van der Waals surface area contributed by atoms with Gasteiger partial charge in [0.15, 0.2) is 0 Å². The Kier molecular flexibility index (Phi) is 4.00. The minimum absolute atomic E-state index is 0.778. The molecule has 1 aromatic carbocycles. The molecule has 1 saturated heterocycles. The molecular weight excluding hydrogens is 192 g/mol. The fourth-order valence-electron chi connectivity index (χ4n) is 1.56. The van der Waals surface area contributed by atoms with E-state index in [1.54, 1.807) is 0 Å². The van der Waals surface area contributed by atoms with Crippen molar-refractivity contribution in [2.24, 2.45) is 0 Å². The van der Waals surface area contributed by atoms with Crippen molar-refractivity contribution in [3.8, 4) is 5.75 Å². The van der Waals surface area contributed by atoms with E-state index in [1.165, 1.54) is 5.56 Å². The van der Waals surface area contributed by atoms with Gasteiger partial charge in [-0.3, -0.25) is 0 Å². The van der Waals surface area contributed by atoms with Crippen molar-refractivity contribution in [2.45, 2.75) is 6.42 Å².